The lowest BCUT2D eigenvalue weighted by atomic mass is 10.1. The van der Waals surface area contributed by atoms with Gasteiger partial charge in [-0.2, -0.15) is 10.1 Å². The molecule has 0 spiro atoms. The third kappa shape index (κ3) is 4.61. The Hall–Kier alpha value is -3.64. The second-order valence-electron chi connectivity index (χ2n) is 7.66. The fourth-order valence-electron chi connectivity index (χ4n) is 3.71. The van der Waals surface area contributed by atoms with Crippen LogP contribution in [-0.4, -0.2) is 14.8 Å². The number of aryl methyl sites for hydroxylation is 1. The van der Waals surface area contributed by atoms with Crippen molar-refractivity contribution in [2.45, 2.75) is 13.2 Å². The van der Waals surface area contributed by atoms with Crippen LogP contribution in [0.3, 0.4) is 0 Å². The van der Waals surface area contributed by atoms with E-state index in [2.05, 4.69) is 15.9 Å². The Morgan fingerprint density at radius 2 is 1.42 bits per heavy atom. The molecule has 0 saturated heterocycles. The summed E-state index contributed by atoms with van der Waals surface area (Å²) in [7, 11) is 1.94. The molecule has 2 aromatic heterocycles. The van der Waals surface area contributed by atoms with Gasteiger partial charge in [0.1, 0.15) is 18.9 Å². The number of aromatic nitrogens is 3. The van der Waals surface area contributed by atoms with Gasteiger partial charge in [0, 0.05) is 23.0 Å². The zero-order chi connectivity index (χ0) is 22.6. The highest BCUT2D eigenvalue weighted by Gasteiger charge is 2.19. The summed E-state index contributed by atoms with van der Waals surface area (Å²) in [5.41, 5.74) is 4.79. The molecule has 0 atom stereocenters. The second-order valence-corrected chi connectivity index (χ2v) is 8.51. The van der Waals surface area contributed by atoms with Crippen LogP contribution in [0.2, 0.25) is 0 Å². The smallest absolute Gasteiger partial charge is 0.226 e. The Morgan fingerprint density at radius 3 is 2.12 bits per heavy atom. The fraction of sp³-hybridized carbons (Fsp3) is 0.111. The molecule has 0 saturated carbocycles. The van der Waals surface area contributed by atoms with Gasteiger partial charge in [0.15, 0.2) is 0 Å². The lowest BCUT2D eigenvalue weighted by Crippen LogP contribution is -2.03. The standard InChI is InChI=1S/C27H22BrN3O2/c1-31-23-14-8-13-22(28)25(23)26(30-31)21-15-16-24(32-17-19-9-4-2-5-10-19)29-27(21)33-18-20-11-6-3-7-12-20/h2-16H,17-18H2,1H3. The molecule has 0 bridgehead atoms. The minimum Gasteiger partial charge on any atom is -0.473 e. The van der Waals surface area contributed by atoms with Gasteiger partial charge in [-0.15, -0.1) is 0 Å². The number of nitrogens with zero attached hydrogens (tertiary/aromatic N) is 3. The molecule has 0 aliphatic rings. The Labute approximate surface area is 200 Å². The molecule has 164 valence electrons. The van der Waals surface area contributed by atoms with E-state index in [1.807, 2.05) is 103 Å². The van der Waals surface area contributed by atoms with E-state index in [0.717, 1.165) is 37.8 Å². The lowest BCUT2D eigenvalue weighted by Gasteiger charge is -2.12. The first-order chi connectivity index (χ1) is 16.2. The molecule has 5 aromatic rings. The molecule has 3 aromatic carbocycles. The Morgan fingerprint density at radius 1 is 0.758 bits per heavy atom. The molecule has 2 heterocycles. The molecule has 5 rings (SSSR count). The van der Waals surface area contributed by atoms with Crippen molar-refractivity contribution in [3.63, 3.8) is 0 Å². The highest BCUT2D eigenvalue weighted by Crippen LogP contribution is 2.38. The quantitative estimate of drug-likeness (QED) is 0.254. The van der Waals surface area contributed by atoms with E-state index in [9.17, 15) is 0 Å². The van der Waals surface area contributed by atoms with Crippen molar-refractivity contribution in [1.82, 2.24) is 14.8 Å². The van der Waals surface area contributed by atoms with E-state index in [-0.39, 0.29) is 0 Å². The summed E-state index contributed by atoms with van der Waals surface area (Å²) >= 11 is 3.68. The summed E-state index contributed by atoms with van der Waals surface area (Å²) in [6.07, 6.45) is 0. The number of rotatable bonds is 7. The third-order valence-corrected chi connectivity index (χ3v) is 6.03. The first-order valence-corrected chi connectivity index (χ1v) is 11.4. The predicted molar refractivity (Wildman–Crippen MR) is 133 cm³/mol. The van der Waals surface area contributed by atoms with Gasteiger partial charge < -0.3 is 9.47 Å². The summed E-state index contributed by atoms with van der Waals surface area (Å²) in [6.45, 7) is 0.832. The number of benzene rings is 3. The molecule has 0 fully saturated rings. The van der Waals surface area contributed by atoms with Crippen LogP contribution < -0.4 is 9.47 Å². The number of halogens is 1. The van der Waals surface area contributed by atoms with E-state index in [1.165, 1.54) is 0 Å². The van der Waals surface area contributed by atoms with Crippen molar-refractivity contribution in [3.8, 4) is 23.0 Å². The highest BCUT2D eigenvalue weighted by molar-refractivity contribution is 9.10. The van der Waals surface area contributed by atoms with E-state index in [4.69, 9.17) is 19.6 Å². The van der Waals surface area contributed by atoms with Gasteiger partial charge in [0.25, 0.3) is 0 Å². The maximum atomic E-state index is 6.21. The molecule has 0 N–H and O–H groups in total. The van der Waals surface area contributed by atoms with E-state index in [1.54, 1.807) is 0 Å². The number of fused-ring (bicyclic) bond motifs is 1. The average Bonchev–Trinajstić information content (AvgIpc) is 3.20. The molecule has 0 unspecified atom stereocenters. The molecular formula is C27H22BrN3O2. The van der Waals surface area contributed by atoms with Crippen LogP contribution in [0.25, 0.3) is 22.2 Å². The van der Waals surface area contributed by atoms with Gasteiger partial charge in [-0.3, -0.25) is 4.68 Å². The predicted octanol–water partition coefficient (Wildman–Crippen LogP) is 6.56. The summed E-state index contributed by atoms with van der Waals surface area (Å²) < 4.78 is 15.0. The molecule has 0 radical (unpaired) electrons. The number of pyridine rings is 1. The number of hydrogen-bond donors (Lipinski definition) is 0. The van der Waals surface area contributed by atoms with E-state index in [0.29, 0.717) is 25.0 Å². The Balaban J connectivity index is 1.52. The van der Waals surface area contributed by atoms with Crippen LogP contribution in [-0.2, 0) is 20.3 Å². The van der Waals surface area contributed by atoms with Crippen molar-refractivity contribution in [3.05, 3.63) is 107 Å². The maximum Gasteiger partial charge on any atom is 0.226 e. The van der Waals surface area contributed by atoms with Gasteiger partial charge in [-0.05, 0) is 29.3 Å². The number of hydrogen-bond acceptors (Lipinski definition) is 4. The molecule has 33 heavy (non-hydrogen) atoms. The summed E-state index contributed by atoms with van der Waals surface area (Å²) in [5.74, 6) is 0.991. The van der Waals surface area contributed by atoms with Crippen LogP contribution in [0.15, 0.2) is 95.5 Å². The maximum absolute atomic E-state index is 6.21. The number of ether oxygens (including phenoxy) is 2. The average molecular weight is 500 g/mol. The van der Waals surface area contributed by atoms with Crippen molar-refractivity contribution in [2.24, 2.45) is 7.05 Å². The summed E-state index contributed by atoms with van der Waals surface area (Å²) in [6, 6.07) is 30.0. The summed E-state index contributed by atoms with van der Waals surface area (Å²) in [5, 5.41) is 5.80. The van der Waals surface area contributed by atoms with Crippen molar-refractivity contribution in [2.75, 3.05) is 0 Å². The van der Waals surface area contributed by atoms with E-state index >= 15 is 0 Å². The topological polar surface area (TPSA) is 49.2 Å². The first kappa shape index (κ1) is 21.2. The normalized spacial score (nSPS) is 11.0. The van der Waals surface area contributed by atoms with Crippen molar-refractivity contribution < 1.29 is 9.47 Å². The largest absolute Gasteiger partial charge is 0.473 e. The minimum absolute atomic E-state index is 0.398. The fourth-order valence-corrected chi connectivity index (χ4v) is 4.25. The van der Waals surface area contributed by atoms with Gasteiger partial charge in [-0.1, -0.05) is 82.7 Å². The zero-order valence-electron chi connectivity index (χ0n) is 18.1. The Kier molecular flexibility index (Phi) is 6.09. The van der Waals surface area contributed by atoms with Gasteiger partial charge in [-0.25, -0.2) is 0 Å². The molecule has 0 aliphatic heterocycles. The van der Waals surface area contributed by atoms with E-state index < -0.39 is 0 Å². The SMILES string of the molecule is Cn1nc(-c2ccc(OCc3ccccc3)nc2OCc2ccccc2)c2c(Br)cccc21. The van der Waals surface area contributed by atoms with Crippen molar-refractivity contribution >= 4 is 26.8 Å². The molecule has 6 heteroatoms. The monoisotopic (exact) mass is 499 g/mol. The zero-order valence-corrected chi connectivity index (χ0v) is 19.7. The van der Waals surface area contributed by atoms with Gasteiger partial charge in [0.05, 0.1) is 11.1 Å². The lowest BCUT2D eigenvalue weighted by molar-refractivity contribution is 0.268. The third-order valence-electron chi connectivity index (χ3n) is 5.36. The second kappa shape index (κ2) is 9.46. The van der Waals surface area contributed by atoms with Crippen LogP contribution in [0.1, 0.15) is 11.1 Å². The van der Waals surface area contributed by atoms with Gasteiger partial charge >= 0.3 is 0 Å². The molecular weight excluding hydrogens is 478 g/mol. The van der Waals surface area contributed by atoms with Crippen LogP contribution >= 0.6 is 15.9 Å². The molecule has 5 nitrogen and oxygen atoms in total. The molecule has 0 amide bonds. The minimum atomic E-state index is 0.398. The highest BCUT2D eigenvalue weighted by atomic mass is 79.9. The first-order valence-electron chi connectivity index (χ1n) is 10.6. The Bertz CT molecular complexity index is 1390. The van der Waals surface area contributed by atoms with Crippen LogP contribution in [0.4, 0.5) is 0 Å². The summed E-state index contributed by atoms with van der Waals surface area (Å²) in [4.78, 5) is 4.72. The van der Waals surface area contributed by atoms with Crippen molar-refractivity contribution in [1.29, 1.82) is 0 Å². The van der Waals surface area contributed by atoms with Crippen LogP contribution in [0.5, 0.6) is 11.8 Å². The van der Waals surface area contributed by atoms with Crippen LogP contribution in [0, 0.1) is 0 Å². The van der Waals surface area contributed by atoms with Gasteiger partial charge in [0.2, 0.25) is 11.8 Å². The molecule has 0 aliphatic carbocycles.